The Balaban J connectivity index is 2.87. The van der Waals surface area contributed by atoms with Gasteiger partial charge in [-0.1, -0.05) is 54.7 Å². The zero-order valence-electron chi connectivity index (χ0n) is 8.23. The van der Waals surface area contributed by atoms with Crippen molar-refractivity contribution in [1.82, 2.24) is 0 Å². The smallest absolute Gasteiger partial charge is 0.217 e. The van der Waals surface area contributed by atoms with Crippen molar-refractivity contribution < 1.29 is 4.79 Å². The Labute approximate surface area is 94.8 Å². The summed E-state index contributed by atoms with van der Waals surface area (Å²) in [7, 11) is 0. The quantitative estimate of drug-likeness (QED) is 0.397. The maximum Gasteiger partial charge on any atom is 0.217 e. The number of rotatable bonds is 9. The van der Waals surface area contributed by atoms with Gasteiger partial charge in [0.2, 0.25) is 5.91 Å². The highest BCUT2D eigenvalue weighted by Crippen LogP contribution is 2.08. The summed E-state index contributed by atoms with van der Waals surface area (Å²) in [5.74, 6) is -0.162. The maximum absolute atomic E-state index is 10.4. The van der Waals surface area contributed by atoms with Gasteiger partial charge in [0.05, 0.1) is 0 Å². The predicted molar refractivity (Wildman–Crippen MR) is 65.0 cm³/mol. The van der Waals surface area contributed by atoms with Crippen LogP contribution < -0.4 is 5.73 Å². The lowest BCUT2D eigenvalue weighted by molar-refractivity contribution is -0.118. The molecule has 3 heteroatoms. The van der Waals surface area contributed by atoms with E-state index in [9.17, 15) is 4.79 Å². The molecule has 0 spiro atoms. The van der Waals surface area contributed by atoms with Crippen LogP contribution in [0, 0.1) is 0 Å². The van der Waals surface area contributed by atoms with Gasteiger partial charge < -0.3 is 5.73 Å². The van der Waals surface area contributed by atoms with Crippen molar-refractivity contribution in [3.8, 4) is 0 Å². The molecule has 0 saturated heterocycles. The van der Waals surface area contributed by atoms with E-state index in [1.165, 1.54) is 36.5 Å². The molecule has 0 aromatic rings. The predicted octanol–water partition coefficient (Wildman–Crippen LogP) is 3.03. The molecule has 0 aliphatic carbocycles. The number of unbranched alkanes of at least 4 members (excludes halogenated alkanes) is 6. The third-order valence-electron chi connectivity index (χ3n) is 2.06. The SMILES string of the molecule is NC(=O)CCCCCCCCCI. The van der Waals surface area contributed by atoms with Gasteiger partial charge in [0.1, 0.15) is 0 Å². The van der Waals surface area contributed by atoms with E-state index in [4.69, 9.17) is 5.73 Å². The standard InChI is InChI=1S/C10H20INO/c11-9-7-5-3-1-2-4-6-8-10(12)13/h1-9H2,(H2,12,13). The fourth-order valence-electron chi connectivity index (χ4n) is 1.28. The minimum atomic E-state index is -0.162. The third kappa shape index (κ3) is 12.2. The average molecular weight is 297 g/mol. The number of hydrogen-bond donors (Lipinski definition) is 1. The molecule has 78 valence electrons. The summed E-state index contributed by atoms with van der Waals surface area (Å²) in [6, 6.07) is 0. The van der Waals surface area contributed by atoms with Gasteiger partial charge in [0.15, 0.2) is 0 Å². The van der Waals surface area contributed by atoms with Crippen LogP contribution in [0.15, 0.2) is 0 Å². The Hall–Kier alpha value is 0.200. The number of alkyl halides is 1. The molecule has 0 bridgehead atoms. The average Bonchev–Trinajstić information content (AvgIpc) is 2.09. The van der Waals surface area contributed by atoms with E-state index in [1.807, 2.05) is 0 Å². The van der Waals surface area contributed by atoms with Crippen molar-refractivity contribution in [2.45, 2.75) is 51.4 Å². The Kier molecular flexibility index (Phi) is 10.4. The molecule has 0 atom stereocenters. The molecule has 0 aromatic carbocycles. The van der Waals surface area contributed by atoms with Crippen molar-refractivity contribution in [2.75, 3.05) is 4.43 Å². The van der Waals surface area contributed by atoms with Crippen molar-refractivity contribution >= 4 is 28.5 Å². The Morgan fingerprint density at radius 2 is 1.38 bits per heavy atom. The summed E-state index contributed by atoms with van der Waals surface area (Å²) in [6.45, 7) is 0. The van der Waals surface area contributed by atoms with Gasteiger partial charge in [-0.05, 0) is 17.3 Å². The number of nitrogens with two attached hydrogens (primary N) is 1. The lowest BCUT2D eigenvalue weighted by Crippen LogP contribution is -2.09. The Morgan fingerprint density at radius 1 is 0.923 bits per heavy atom. The minimum Gasteiger partial charge on any atom is -0.370 e. The first kappa shape index (κ1) is 13.2. The normalized spacial score (nSPS) is 10.2. The van der Waals surface area contributed by atoms with Crippen LogP contribution in [0.3, 0.4) is 0 Å². The number of halogens is 1. The first-order valence-corrected chi connectivity index (χ1v) is 6.64. The molecule has 0 aliphatic rings. The summed E-state index contributed by atoms with van der Waals surface area (Å²) >= 11 is 2.42. The van der Waals surface area contributed by atoms with Crippen LogP contribution in [0.1, 0.15) is 51.4 Å². The summed E-state index contributed by atoms with van der Waals surface area (Å²) in [4.78, 5) is 10.4. The minimum absolute atomic E-state index is 0.162. The lowest BCUT2D eigenvalue weighted by atomic mass is 10.1. The lowest BCUT2D eigenvalue weighted by Gasteiger charge is -1.99. The molecular weight excluding hydrogens is 277 g/mol. The molecule has 0 rings (SSSR count). The van der Waals surface area contributed by atoms with Crippen LogP contribution >= 0.6 is 22.6 Å². The molecule has 0 fully saturated rings. The van der Waals surface area contributed by atoms with Crippen molar-refractivity contribution in [3.63, 3.8) is 0 Å². The van der Waals surface area contributed by atoms with E-state index in [0.717, 1.165) is 12.8 Å². The number of primary amides is 1. The highest BCUT2D eigenvalue weighted by atomic mass is 127. The highest BCUT2D eigenvalue weighted by Gasteiger charge is 1.94. The fraction of sp³-hybridized carbons (Fsp3) is 0.900. The van der Waals surface area contributed by atoms with E-state index >= 15 is 0 Å². The van der Waals surface area contributed by atoms with E-state index in [0.29, 0.717) is 6.42 Å². The molecule has 0 unspecified atom stereocenters. The number of hydrogen-bond acceptors (Lipinski definition) is 1. The molecule has 0 radical (unpaired) electrons. The zero-order valence-corrected chi connectivity index (χ0v) is 10.4. The van der Waals surface area contributed by atoms with Crippen LogP contribution in [0.2, 0.25) is 0 Å². The fourth-order valence-corrected chi connectivity index (χ4v) is 1.82. The van der Waals surface area contributed by atoms with Gasteiger partial charge in [0.25, 0.3) is 0 Å². The van der Waals surface area contributed by atoms with Gasteiger partial charge in [-0.3, -0.25) is 4.79 Å². The molecule has 0 aliphatic heterocycles. The van der Waals surface area contributed by atoms with Crippen molar-refractivity contribution in [3.05, 3.63) is 0 Å². The first-order chi connectivity index (χ1) is 6.27. The summed E-state index contributed by atoms with van der Waals surface area (Å²) in [5.41, 5.74) is 5.03. The molecule has 0 aromatic heterocycles. The third-order valence-corrected chi connectivity index (χ3v) is 2.82. The van der Waals surface area contributed by atoms with Gasteiger partial charge in [-0.25, -0.2) is 0 Å². The van der Waals surface area contributed by atoms with Crippen molar-refractivity contribution in [1.29, 1.82) is 0 Å². The van der Waals surface area contributed by atoms with Crippen molar-refractivity contribution in [2.24, 2.45) is 5.73 Å². The van der Waals surface area contributed by atoms with Gasteiger partial charge in [-0.2, -0.15) is 0 Å². The molecular formula is C10H20INO. The van der Waals surface area contributed by atoms with Crippen LogP contribution in [0.4, 0.5) is 0 Å². The van der Waals surface area contributed by atoms with E-state index < -0.39 is 0 Å². The zero-order chi connectivity index (χ0) is 9.94. The molecule has 2 N–H and O–H groups in total. The van der Waals surface area contributed by atoms with Crippen LogP contribution in [0.25, 0.3) is 0 Å². The van der Waals surface area contributed by atoms with Gasteiger partial charge in [0, 0.05) is 6.42 Å². The molecule has 2 nitrogen and oxygen atoms in total. The van der Waals surface area contributed by atoms with Crippen LogP contribution in [-0.2, 0) is 4.79 Å². The Morgan fingerprint density at radius 3 is 1.85 bits per heavy atom. The van der Waals surface area contributed by atoms with E-state index in [-0.39, 0.29) is 5.91 Å². The second-order valence-corrected chi connectivity index (χ2v) is 4.46. The number of amides is 1. The van der Waals surface area contributed by atoms with E-state index in [1.54, 1.807) is 0 Å². The summed E-state index contributed by atoms with van der Waals surface area (Å²) in [6.07, 6.45) is 9.33. The molecule has 1 amide bonds. The highest BCUT2D eigenvalue weighted by molar-refractivity contribution is 14.1. The number of carbonyl (C=O) groups excluding carboxylic acids is 1. The molecule has 0 saturated carbocycles. The number of carbonyl (C=O) groups is 1. The van der Waals surface area contributed by atoms with Gasteiger partial charge in [-0.15, -0.1) is 0 Å². The summed E-state index contributed by atoms with van der Waals surface area (Å²) < 4.78 is 1.28. The molecule has 0 heterocycles. The monoisotopic (exact) mass is 297 g/mol. The second kappa shape index (κ2) is 10.3. The Bertz CT molecular complexity index is 128. The van der Waals surface area contributed by atoms with Crippen LogP contribution in [0.5, 0.6) is 0 Å². The van der Waals surface area contributed by atoms with Gasteiger partial charge >= 0.3 is 0 Å². The second-order valence-electron chi connectivity index (χ2n) is 3.38. The first-order valence-electron chi connectivity index (χ1n) is 5.11. The maximum atomic E-state index is 10.4. The molecule has 13 heavy (non-hydrogen) atoms. The largest absolute Gasteiger partial charge is 0.370 e. The topological polar surface area (TPSA) is 43.1 Å². The summed E-state index contributed by atoms with van der Waals surface area (Å²) in [5, 5.41) is 0. The van der Waals surface area contributed by atoms with E-state index in [2.05, 4.69) is 22.6 Å². The van der Waals surface area contributed by atoms with Crippen LogP contribution in [-0.4, -0.2) is 10.3 Å².